The summed E-state index contributed by atoms with van der Waals surface area (Å²) < 4.78 is 22.7. The topological polar surface area (TPSA) is 107 Å². The van der Waals surface area contributed by atoms with Gasteiger partial charge in [0.2, 0.25) is 5.75 Å². The van der Waals surface area contributed by atoms with Gasteiger partial charge in [-0.25, -0.2) is 4.98 Å². The molecule has 1 saturated heterocycles. The fraction of sp³-hybridized carbons (Fsp3) is 0.233. The van der Waals surface area contributed by atoms with Gasteiger partial charge in [-0.2, -0.15) is 0 Å². The third-order valence-electron chi connectivity index (χ3n) is 6.84. The van der Waals surface area contributed by atoms with Crippen LogP contribution in [-0.2, 0) is 9.59 Å². The summed E-state index contributed by atoms with van der Waals surface area (Å²) in [6.07, 6.45) is 0. The molecule has 0 saturated carbocycles. The zero-order chi connectivity index (χ0) is 28.7. The van der Waals surface area contributed by atoms with Crippen LogP contribution in [0.2, 0.25) is 0 Å². The van der Waals surface area contributed by atoms with Gasteiger partial charge in [0.1, 0.15) is 11.5 Å². The Hall–Kier alpha value is -4.57. The Labute approximate surface area is 235 Å². The van der Waals surface area contributed by atoms with E-state index < -0.39 is 17.7 Å². The number of aromatic nitrogens is 1. The number of aliphatic hydroxyl groups excluding tert-OH is 1. The number of hydrogen-bond donors (Lipinski definition) is 1. The number of methoxy groups -OCH3 is 4. The molecule has 1 amide bonds. The first kappa shape index (κ1) is 27.0. The zero-order valence-corrected chi connectivity index (χ0v) is 23.7. The van der Waals surface area contributed by atoms with E-state index in [0.29, 0.717) is 39.3 Å². The molecule has 1 fully saturated rings. The number of anilines is 1. The largest absolute Gasteiger partial charge is 0.507 e. The van der Waals surface area contributed by atoms with Gasteiger partial charge in [0, 0.05) is 5.56 Å². The van der Waals surface area contributed by atoms with Crippen LogP contribution in [0, 0.1) is 13.8 Å². The molecule has 1 aliphatic rings. The molecule has 1 N–H and O–H groups in total. The molecule has 3 aromatic carbocycles. The highest BCUT2D eigenvalue weighted by atomic mass is 32.1. The molecule has 206 valence electrons. The van der Waals surface area contributed by atoms with E-state index in [1.54, 1.807) is 36.4 Å². The number of benzene rings is 3. The lowest BCUT2D eigenvalue weighted by atomic mass is 9.94. The molecular weight excluding hydrogens is 532 g/mol. The van der Waals surface area contributed by atoms with Crippen molar-refractivity contribution >= 4 is 44.1 Å². The molecule has 0 spiro atoms. The fourth-order valence-corrected chi connectivity index (χ4v) is 6.14. The Bertz CT molecular complexity index is 1650. The molecule has 2 heterocycles. The maximum absolute atomic E-state index is 13.7. The number of fused-ring (bicyclic) bond motifs is 1. The quantitative estimate of drug-likeness (QED) is 0.178. The molecule has 4 aromatic rings. The number of ether oxygens (including phenoxy) is 4. The number of ketones is 1. The number of rotatable bonds is 7. The second-order valence-electron chi connectivity index (χ2n) is 9.28. The SMILES string of the molecule is COc1ccc(/C(O)=C2\C(=O)C(=O)N(c3nc4c(C)cc(C)cc4s3)[C@@H]2c2cc(OC)c(OC)c(OC)c2)cc1. The number of nitrogens with zero attached hydrogens (tertiary/aromatic N) is 2. The summed E-state index contributed by atoms with van der Waals surface area (Å²) in [5, 5.41) is 11.8. The number of carbonyl (C=O) groups is 2. The molecule has 5 rings (SSSR count). The Balaban J connectivity index is 1.78. The minimum absolute atomic E-state index is 0.0865. The summed E-state index contributed by atoms with van der Waals surface area (Å²) in [7, 11) is 5.98. The van der Waals surface area contributed by atoms with E-state index in [1.807, 2.05) is 26.0 Å². The van der Waals surface area contributed by atoms with E-state index in [0.717, 1.165) is 21.3 Å². The van der Waals surface area contributed by atoms with Crippen LogP contribution in [0.3, 0.4) is 0 Å². The number of carbonyl (C=O) groups excluding carboxylic acids is 2. The second-order valence-corrected chi connectivity index (χ2v) is 10.3. The van der Waals surface area contributed by atoms with Crippen molar-refractivity contribution < 1.29 is 33.6 Å². The van der Waals surface area contributed by atoms with Crippen molar-refractivity contribution in [2.24, 2.45) is 0 Å². The highest BCUT2D eigenvalue weighted by Gasteiger charge is 2.48. The van der Waals surface area contributed by atoms with Gasteiger partial charge >= 0.3 is 5.91 Å². The minimum atomic E-state index is -1.03. The zero-order valence-electron chi connectivity index (χ0n) is 22.9. The van der Waals surface area contributed by atoms with E-state index in [2.05, 4.69) is 0 Å². The van der Waals surface area contributed by atoms with Crippen LogP contribution < -0.4 is 23.8 Å². The van der Waals surface area contributed by atoms with Crippen molar-refractivity contribution in [2.45, 2.75) is 19.9 Å². The van der Waals surface area contributed by atoms with Crippen molar-refractivity contribution in [1.82, 2.24) is 4.98 Å². The summed E-state index contributed by atoms with van der Waals surface area (Å²) in [6.45, 7) is 3.94. The van der Waals surface area contributed by atoms with Gasteiger partial charge in [-0.05, 0) is 73.0 Å². The Morgan fingerprint density at radius 1 is 0.900 bits per heavy atom. The highest BCUT2D eigenvalue weighted by Crippen LogP contribution is 2.48. The molecule has 9 nitrogen and oxygen atoms in total. The molecule has 40 heavy (non-hydrogen) atoms. The number of amides is 1. The van der Waals surface area contributed by atoms with Crippen LogP contribution in [0.15, 0.2) is 54.1 Å². The molecule has 10 heteroatoms. The molecular formula is C30H28N2O7S. The van der Waals surface area contributed by atoms with Crippen molar-refractivity contribution in [1.29, 1.82) is 0 Å². The molecule has 0 radical (unpaired) electrons. The van der Waals surface area contributed by atoms with Crippen molar-refractivity contribution in [3.8, 4) is 23.0 Å². The summed E-state index contributed by atoms with van der Waals surface area (Å²) in [5.41, 5.74) is 3.49. The van der Waals surface area contributed by atoms with Gasteiger partial charge in [-0.1, -0.05) is 17.4 Å². The third-order valence-corrected chi connectivity index (χ3v) is 7.84. The van der Waals surface area contributed by atoms with Gasteiger partial charge in [0.15, 0.2) is 16.6 Å². The van der Waals surface area contributed by atoms with E-state index >= 15 is 0 Å². The molecule has 1 atom stereocenters. The first-order valence-electron chi connectivity index (χ1n) is 12.4. The van der Waals surface area contributed by atoms with Crippen LogP contribution in [0.4, 0.5) is 5.13 Å². The van der Waals surface area contributed by atoms with E-state index in [9.17, 15) is 14.7 Å². The van der Waals surface area contributed by atoms with Gasteiger partial charge < -0.3 is 24.1 Å². The monoisotopic (exact) mass is 560 g/mol. The summed E-state index contributed by atoms with van der Waals surface area (Å²) in [4.78, 5) is 33.4. The van der Waals surface area contributed by atoms with E-state index in [4.69, 9.17) is 23.9 Å². The van der Waals surface area contributed by atoms with Crippen LogP contribution in [-0.4, -0.2) is 50.2 Å². The molecule has 1 aliphatic heterocycles. The van der Waals surface area contributed by atoms with Crippen molar-refractivity contribution in [3.63, 3.8) is 0 Å². The Morgan fingerprint density at radius 3 is 2.12 bits per heavy atom. The van der Waals surface area contributed by atoms with Gasteiger partial charge in [0.25, 0.3) is 5.78 Å². The number of thiazole rings is 1. The maximum atomic E-state index is 13.7. The number of aliphatic hydroxyl groups is 1. The normalized spacial score (nSPS) is 16.4. The lowest BCUT2D eigenvalue weighted by Gasteiger charge is -2.24. The lowest BCUT2D eigenvalue weighted by Crippen LogP contribution is -2.29. The average Bonchev–Trinajstić information content (AvgIpc) is 3.50. The van der Waals surface area contributed by atoms with Crippen LogP contribution in [0.5, 0.6) is 23.0 Å². The number of Topliss-reactive ketones (excluding diaryl/α,β-unsaturated/α-hetero) is 1. The number of aryl methyl sites for hydroxylation is 2. The van der Waals surface area contributed by atoms with E-state index in [1.165, 1.54) is 44.7 Å². The third kappa shape index (κ3) is 4.40. The summed E-state index contributed by atoms with van der Waals surface area (Å²) in [5.74, 6) is -0.354. The van der Waals surface area contributed by atoms with Gasteiger partial charge in [-0.3, -0.25) is 14.5 Å². The molecule has 0 aliphatic carbocycles. The van der Waals surface area contributed by atoms with Crippen LogP contribution in [0.1, 0.15) is 28.3 Å². The first-order valence-corrected chi connectivity index (χ1v) is 13.2. The Kier molecular flexibility index (Phi) is 7.12. The number of hydrogen-bond acceptors (Lipinski definition) is 9. The summed E-state index contributed by atoms with van der Waals surface area (Å²) >= 11 is 1.30. The smallest absolute Gasteiger partial charge is 0.301 e. The van der Waals surface area contributed by atoms with Crippen LogP contribution in [0.25, 0.3) is 16.0 Å². The standard InChI is InChI=1S/C30H28N2O7S/c1-15-11-16(2)24-22(12-15)40-30(31-24)32-25(18-13-20(37-4)28(39-6)21(14-18)38-5)23(27(34)29(32)35)26(33)17-7-9-19(36-3)10-8-17/h7-14,25,33H,1-6H3/b26-23+/t25-/m1/s1. The molecule has 0 bridgehead atoms. The highest BCUT2D eigenvalue weighted by molar-refractivity contribution is 7.22. The predicted molar refractivity (Wildman–Crippen MR) is 153 cm³/mol. The Morgan fingerprint density at radius 2 is 1.55 bits per heavy atom. The maximum Gasteiger partial charge on any atom is 0.301 e. The minimum Gasteiger partial charge on any atom is -0.507 e. The average molecular weight is 561 g/mol. The second kappa shape index (κ2) is 10.5. The van der Waals surface area contributed by atoms with Gasteiger partial charge in [-0.15, -0.1) is 0 Å². The fourth-order valence-electron chi connectivity index (χ4n) is 4.97. The lowest BCUT2D eigenvalue weighted by molar-refractivity contribution is -0.132. The molecule has 1 aromatic heterocycles. The van der Waals surface area contributed by atoms with Crippen molar-refractivity contribution in [3.05, 3.63) is 76.4 Å². The predicted octanol–water partition coefficient (Wildman–Crippen LogP) is 5.57. The molecule has 0 unspecified atom stereocenters. The van der Waals surface area contributed by atoms with Crippen LogP contribution >= 0.6 is 11.3 Å². The van der Waals surface area contributed by atoms with Crippen molar-refractivity contribution in [2.75, 3.05) is 33.3 Å². The van der Waals surface area contributed by atoms with E-state index in [-0.39, 0.29) is 11.3 Å². The summed E-state index contributed by atoms with van der Waals surface area (Å²) in [6, 6.07) is 12.9. The van der Waals surface area contributed by atoms with Gasteiger partial charge in [0.05, 0.1) is 50.3 Å². The first-order chi connectivity index (χ1) is 19.2.